The maximum atomic E-state index is 8.86. The van der Waals surface area contributed by atoms with Crippen LogP contribution in [0.15, 0.2) is 41.1 Å². The first-order valence-corrected chi connectivity index (χ1v) is 6.59. The molecule has 4 heteroatoms. The Kier molecular flexibility index (Phi) is 3.98. The molecule has 0 fully saturated rings. The quantitative estimate of drug-likeness (QED) is 0.916. The maximum Gasteiger partial charge on any atom is 0.139 e. The average molecular weight is 258 g/mol. The molecule has 2 atom stereocenters. The van der Waals surface area contributed by atoms with Gasteiger partial charge in [-0.3, -0.25) is 0 Å². The highest BCUT2D eigenvalue weighted by atomic mass is 32.1. The average Bonchev–Trinajstić information content (AvgIpc) is 2.89. The van der Waals surface area contributed by atoms with E-state index >= 15 is 0 Å². The second kappa shape index (κ2) is 5.67. The van der Waals surface area contributed by atoms with E-state index in [9.17, 15) is 0 Å². The minimum atomic E-state index is -0.190. The lowest BCUT2D eigenvalue weighted by Crippen LogP contribution is -2.28. The van der Waals surface area contributed by atoms with Crippen molar-refractivity contribution >= 4 is 11.3 Å². The zero-order valence-corrected chi connectivity index (χ0v) is 10.9. The zero-order chi connectivity index (χ0) is 13.0. The molecule has 92 valence electrons. The summed E-state index contributed by atoms with van der Waals surface area (Å²) < 4.78 is 5.89. The summed E-state index contributed by atoms with van der Waals surface area (Å²) in [6.45, 7) is 1.91. The molecule has 0 amide bonds. The molecule has 2 rings (SSSR count). The predicted octanol–water partition coefficient (Wildman–Crippen LogP) is 3.09. The van der Waals surface area contributed by atoms with Gasteiger partial charge in [0.25, 0.3) is 0 Å². The number of ether oxygens (including phenoxy) is 1. The molecule has 0 spiro atoms. The SMILES string of the molecule is CC(N)C(Oc1cccc(C#N)c1)c1ccsc1. The van der Waals surface area contributed by atoms with Crippen molar-refractivity contribution < 1.29 is 4.74 Å². The Labute approximate surface area is 110 Å². The third kappa shape index (κ3) is 2.89. The smallest absolute Gasteiger partial charge is 0.139 e. The van der Waals surface area contributed by atoms with Gasteiger partial charge in [-0.05, 0) is 41.9 Å². The molecule has 2 unspecified atom stereocenters. The second-order valence-corrected chi connectivity index (χ2v) is 4.87. The van der Waals surface area contributed by atoms with Gasteiger partial charge in [0.2, 0.25) is 0 Å². The maximum absolute atomic E-state index is 8.86. The van der Waals surface area contributed by atoms with Gasteiger partial charge in [-0.1, -0.05) is 6.07 Å². The Morgan fingerprint density at radius 1 is 1.39 bits per heavy atom. The summed E-state index contributed by atoms with van der Waals surface area (Å²) >= 11 is 1.62. The number of thiophene rings is 1. The Morgan fingerprint density at radius 3 is 2.83 bits per heavy atom. The summed E-state index contributed by atoms with van der Waals surface area (Å²) in [4.78, 5) is 0. The van der Waals surface area contributed by atoms with Gasteiger partial charge in [0.15, 0.2) is 0 Å². The molecule has 0 bridgehead atoms. The van der Waals surface area contributed by atoms with Crippen LogP contribution in [0, 0.1) is 11.3 Å². The highest BCUT2D eigenvalue weighted by Gasteiger charge is 2.18. The molecule has 2 N–H and O–H groups in total. The number of hydrogen-bond acceptors (Lipinski definition) is 4. The largest absolute Gasteiger partial charge is 0.484 e. The number of hydrogen-bond donors (Lipinski definition) is 1. The van der Waals surface area contributed by atoms with E-state index in [0.29, 0.717) is 11.3 Å². The van der Waals surface area contributed by atoms with Crippen molar-refractivity contribution in [2.75, 3.05) is 0 Å². The molecule has 1 heterocycles. The Bertz CT molecular complexity index is 543. The molecule has 18 heavy (non-hydrogen) atoms. The van der Waals surface area contributed by atoms with Crippen LogP contribution in [0.25, 0.3) is 0 Å². The molecular formula is C14H14N2OS. The monoisotopic (exact) mass is 258 g/mol. The molecule has 0 saturated carbocycles. The number of nitrogens with zero attached hydrogens (tertiary/aromatic N) is 1. The Balaban J connectivity index is 2.22. The minimum absolute atomic E-state index is 0.120. The third-order valence-corrected chi connectivity index (χ3v) is 3.28. The van der Waals surface area contributed by atoms with Crippen molar-refractivity contribution in [2.45, 2.75) is 19.1 Å². The van der Waals surface area contributed by atoms with Crippen LogP contribution in [0.2, 0.25) is 0 Å². The number of rotatable bonds is 4. The summed E-state index contributed by atoms with van der Waals surface area (Å²) in [7, 11) is 0. The zero-order valence-electron chi connectivity index (χ0n) is 10.0. The van der Waals surface area contributed by atoms with Gasteiger partial charge in [-0.15, -0.1) is 0 Å². The van der Waals surface area contributed by atoms with E-state index < -0.39 is 0 Å². The van der Waals surface area contributed by atoms with Gasteiger partial charge in [0.05, 0.1) is 11.6 Å². The lowest BCUT2D eigenvalue weighted by molar-refractivity contribution is 0.181. The predicted molar refractivity (Wildman–Crippen MR) is 72.5 cm³/mol. The van der Waals surface area contributed by atoms with Crippen LogP contribution in [0.4, 0.5) is 0 Å². The Hall–Kier alpha value is -1.83. The minimum Gasteiger partial charge on any atom is -0.484 e. The summed E-state index contributed by atoms with van der Waals surface area (Å²) in [5, 5.41) is 12.9. The molecule has 0 aliphatic carbocycles. The van der Waals surface area contributed by atoms with Crippen molar-refractivity contribution in [3.63, 3.8) is 0 Å². The lowest BCUT2D eigenvalue weighted by atomic mass is 10.1. The molecule has 0 aliphatic rings. The van der Waals surface area contributed by atoms with Crippen LogP contribution in [-0.2, 0) is 0 Å². The standard InChI is InChI=1S/C14H14N2OS/c1-10(16)14(12-5-6-18-9-12)17-13-4-2-3-11(7-13)8-15/h2-7,9-10,14H,16H2,1H3. The number of benzene rings is 1. The first-order chi connectivity index (χ1) is 8.70. The molecule has 3 nitrogen and oxygen atoms in total. The first kappa shape index (κ1) is 12.6. The Morgan fingerprint density at radius 2 is 2.22 bits per heavy atom. The lowest BCUT2D eigenvalue weighted by Gasteiger charge is -2.21. The van der Waals surface area contributed by atoms with Crippen molar-refractivity contribution in [1.29, 1.82) is 5.26 Å². The van der Waals surface area contributed by atoms with Crippen LogP contribution in [0.3, 0.4) is 0 Å². The van der Waals surface area contributed by atoms with E-state index in [1.165, 1.54) is 0 Å². The highest BCUT2D eigenvalue weighted by molar-refractivity contribution is 7.07. The second-order valence-electron chi connectivity index (χ2n) is 4.09. The molecule has 0 radical (unpaired) electrons. The topological polar surface area (TPSA) is 59.0 Å². The van der Waals surface area contributed by atoms with E-state index in [1.54, 1.807) is 29.5 Å². The fourth-order valence-corrected chi connectivity index (χ4v) is 2.39. The summed E-state index contributed by atoms with van der Waals surface area (Å²) in [5.41, 5.74) is 7.61. The van der Waals surface area contributed by atoms with Crippen LogP contribution < -0.4 is 10.5 Å². The third-order valence-electron chi connectivity index (χ3n) is 2.58. The van der Waals surface area contributed by atoms with Gasteiger partial charge in [0, 0.05) is 11.6 Å². The summed E-state index contributed by atoms with van der Waals surface area (Å²) in [6, 6.07) is 11.1. The van der Waals surface area contributed by atoms with Crippen molar-refractivity contribution in [3.8, 4) is 11.8 Å². The molecule has 1 aromatic carbocycles. The van der Waals surface area contributed by atoms with E-state index in [1.807, 2.05) is 29.8 Å². The van der Waals surface area contributed by atoms with Crippen LogP contribution in [-0.4, -0.2) is 6.04 Å². The summed E-state index contributed by atoms with van der Waals surface area (Å²) in [6.07, 6.45) is -0.190. The van der Waals surface area contributed by atoms with E-state index in [-0.39, 0.29) is 12.1 Å². The highest BCUT2D eigenvalue weighted by Crippen LogP contribution is 2.26. The molecule has 0 saturated heterocycles. The van der Waals surface area contributed by atoms with Crippen molar-refractivity contribution in [2.24, 2.45) is 5.73 Å². The van der Waals surface area contributed by atoms with E-state index in [4.69, 9.17) is 15.7 Å². The van der Waals surface area contributed by atoms with Gasteiger partial charge in [0.1, 0.15) is 11.9 Å². The molecule has 0 aliphatic heterocycles. The van der Waals surface area contributed by atoms with Crippen molar-refractivity contribution in [3.05, 3.63) is 52.2 Å². The van der Waals surface area contributed by atoms with Crippen LogP contribution in [0.1, 0.15) is 24.2 Å². The normalized spacial score (nSPS) is 13.6. The fourth-order valence-electron chi connectivity index (χ4n) is 1.70. The summed E-state index contributed by atoms with van der Waals surface area (Å²) in [5.74, 6) is 0.669. The van der Waals surface area contributed by atoms with Crippen molar-refractivity contribution in [1.82, 2.24) is 0 Å². The molecular weight excluding hydrogens is 244 g/mol. The first-order valence-electron chi connectivity index (χ1n) is 5.65. The van der Waals surface area contributed by atoms with Gasteiger partial charge < -0.3 is 10.5 Å². The van der Waals surface area contributed by atoms with E-state index in [0.717, 1.165) is 5.56 Å². The van der Waals surface area contributed by atoms with Crippen LogP contribution in [0.5, 0.6) is 5.75 Å². The number of nitrogens with two attached hydrogens (primary N) is 1. The van der Waals surface area contributed by atoms with E-state index in [2.05, 4.69) is 6.07 Å². The van der Waals surface area contributed by atoms with Gasteiger partial charge in [-0.2, -0.15) is 16.6 Å². The molecule has 1 aromatic heterocycles. The van der Waals surface area contributed by atoms with Crippen LogP contribution >= 0.6 is 11.3 Å². The number of nitriles is 1. The molecule has 2 aromatic rings. The fraction of sp³-hybridized carbons (Fsp3) is 0.214. The van der Waals surface area contributed by atoms with Gasteiger partial charge in [-0.25, -0.2) is 0 Å². The van der Waals surface area contributed by atoms with Gasteiger partial charge >= 0.3 is 0 Å².